The van der Waals surface area contributed by atoms with E-state index < -0.39 is 5.97 Å². The maximum absolute atomic E-state index is 11.4. The Bertz CT molecular complexity index is 449. The molecule has 92 valence electrons. The summed E-state index contributed by atoms with van der Waals surface area (Å²) in [6.07, 6.45) is 3.08. The number of hydrogen-bond acceptors (Lipinski definition) is 4. The lowest BCUT2D eigenvalue weighted by molar-refractivity contribution is 0.0696. The van der Waals surface area contributed by atoms with Crippen LogP contribution in [0.25, 0.3) is 0 Å². The quantitative estimate of drug-likeness (QED) is 0.872. The summed E-state index contributed by atoms with van der Waals surface area (Å²) < 4.78 is 5.31. The maximum Gasteiger partial charge on any atom is 0.338 e. The van der Waals surface area contributed by atoms with Gasteiger partial charge in [-0.2, -0.15) is 0 Å². The molecule has 0 unspecified atom stereocenters. The van der Waals surface area contributed by atoms with Gasteiger partial charge in [0, 0.05) is 18.0 Å². The van der Waals surface area contributed by atoms with Crippen LogP contribution in [0.15, 0.2) is 0 Å². The fourth-order valence-corrected chi connectivity index (χ4v) is 4.03. The van der Waals surface area contributed by atoms with E-state index in [0.29, 0.717) is 18.8 Å². The average Bonchev–Trinajstić information content (AvgIpc) is 2.88. The molecule has 0 spiro atoms. The normalized spacial score (nSPS) is 19.4. The molecule has 1 saturated heterocycles. The minimum absolute atomic E-state index is 0.560. The number of aryl methyl sites for hydroxylation is 1. The third-order valence-corrected chi connectivity index (χ3v) is 4.77. The van der Waals surface area contributed by atoms with Crippen LogP contribution in [0.3, 0.4) is 0 Å². The van der Waals surface area contributed by atoms with Crippen LogP contribution in [-0.4, -0.2) is 37.4 Å². The highest BCUT2D eigenvalue weighted by molar-refractivity contribution is 7.16. The first-order valence-electron chi connectivity index (χ1n) is 5.98. The molecule has 0 bridgehead atoms. The molecule has 1 fully saturated rings. The van der Waals surface area contributed by atoms with E-state index in [1.54, 1.807) is 11.3 Å². The molecular formula is C12H15NO3S. The molecule has 17 heavy (non-hydrogen) atoms. The molecule has 0 radical (unpaired) electrons. The SMILES string of the molecule is O=C(O)c1c(N2CCOCC2)sc2c1CCC2. The minimum Gasteiger partial charge on any atom is -0.478 e. The van der Waals surface area contributed by atoms with Gasteiger partial charge < -0.3 is 14.7 Å². The van der Waals surface area contributed by atoms with Gasteiger partial charge >= 0.3 is 5.97 Å². The summed E-state index contributed by atoms with van der Waals surface area (Å²) in [5.41, 5.74) is 1.65. The van der Waals surface area contributed by atoms with Gasteiger partial charge in [-0.15, -0.1) is 11.3 Å². The second kappa shape index (κ2) is 4.31. The lowest BCUT2D eigenvalue weighted by atomic mass is 10.1. The number of carbonyl (C=O) groups is 1. The first kappa shape index (κ1) is 11.0. The highest BCUT2D eigenvalue weighted by atomic mass is 32.1. The van der Waals surface area contributed by atoms with E-state index >= 15 is 0 Å². The highest BCUT2D eigenvalue weighted by Gasteiger charge is 2.29. The van der Waals surface area contributed by atoms with Crippen LogP contribution in [0.4, 0.5) is 5.00 Å². The number of carboxylic acids is 1. The lowest BCUT2D eigenvalue weighted by Crippen LogP contribution is -2.36. The Morgan fingerprint density at radius 1 is 1.29 bits per heavy atom. The zero-order valence-corrected chi connectivity index (χ0v) is 10.4. The summed E-state index contributed by atoms with van der Waals surface area (Å²) in [6.45, 7) is 3.00. The van der Waals surface area contributed by atoms with Crippen LogP contribution in [0.1, 0.15) is 27.2 Å². The molecule has 1 aromatic rings. The van der Waals surface area contributed by atoms with Crippen LogP contribution in [0.5, 0.6) is 0 Å². The number of fused-ring (bicyclic) bond motifs is 1. The lowest BCUT2D eigenvalue weighted by Gasteiger charge is -2.28. The first-order valence-corrected chi connectivity index (χ1v) is 6.79. The van der Waals surface area contributed by atoms with Gasteiger partial charge in [-0.3, -0.25) is 0 Å². The Morgan fingerprint density at radius 3 is 2.76 bits per heavy atom. The fraction of sp³-hybridized carbons (Fsp3) is 0.583. The maximum atomic E-state index is 11.4. The third-order valence-electron chi connectivity index (χ3n) is 3.41. The van der Waals surface area contributed by atoms with Crippen molar-refractivity contribution in [1.29, 1.82) is 0 Å². The van der Waals surface area contributed by atoms with Crippen molar-refractivity contribution in [3.8, 4) is 0 Å². The number of thiophene rings is 1. The highest BCUT2D eigenvalue weighted by Crippen LogP contribution is 2.41. The predicted octanol–water partition coefficient (Wildman–Crippen LogP) is 1.77. The van der Waals surface area contributed by atoms with E-state index in [2.05, 4.69) is 4.90 Å². The van der Waals surface area contributed by atoms with Crippen molar-refractivity contribution < 1.29 is 14.6 Å². The molecule has 0 aromatic carbocycles. The van der Waals surface area contributed by atoms with Crippen molar-refractivity contribution in [3.63, 3.8) is 0 Å². The van der Waals surface area contributed by atoms with E-state index in [4.69, 9.17) is 4.74 Å². The van der Waals surface area contributed by atoms with Crippen molar-refractivity contribution >= 4 is 22.3 Å². The largest absolute Gasteiger partial charge is 0.478 e. The Kier molecular flexibility index (Phi) is 2.80. The molecule has 0 amide bonds. The Balaban J connectivity index is 2.00. The standard InChI is InChI=1S/C12H15NO3S/c14-12(15)10-8-2-1-3-9(8)17-11(10)13-4-6-16-7-5-13/h1-7H2,(H,14,15). The molecule has 1 aliphatic carbocycles. The molecule has 3 rings (SSSR count). The van der Waals surface area contributed by atoms with Crippen LogP contribution < -0.4 is 4.90 Å². The Hall–Kier alpha value is -1.07. The summed E-state index contributed by atoms with van der Waals surface area (Å²) >= 11 is 1.67. The summed E-state index contributed by atoms with van der Waals surface area (Å²) in [7, 11) is 0. The van der Waals surface area contributed by atoms with E-state index in [-0.39, 0.29) is 0 Å². The minimum atomic E-state index is -0.772. The van der Waals surface area contributed by atoms with Crippen molar-refractivity contribution in [1.82, 2.24) is 0 Å². The van der Waals surface area contributed by atoms with Crippen molar-refractivity contribution in [3.05, 3.63) is 16.0 Å². The number of ether oxygens (including phenoxy) is 1. The van der Waals surface area contributed by atoms with Gasteiger partial charge in [0.1, 0.15) is 5.00 Å². The van der Waals surface area contributed by atoms with Crippen LogP contribution in [0, 0.1) is 0 Å². The van der Waals surface area contributed by atoms with Gasteiger partial charge in [-0.05, 0) is 24.8 Å². The van der Waals surface area contributed by atoms with Gasteiger partial charge in [-0.1, -0.05) is 0 Å². The summed E-state index contributed by atoms with van der Waals surface area (Å²) in [4.78, 5) is 14.9. The number of morpholine rings is 1. The van der Waals surface area contributed by atoms with E-state index in [1.165, 1.54) is 4.88 Å². The van der Waals surface area contributed by atoms with Crippen LogP contribution >= 0.6 is 11.3 Å². The monoisotopic (exact) mass is 253 g/mol. The Morgan fingerprint density at radius 2 is 2.06 bits per heavy atom. The second-order valence-electron chi connectivity index (χ2n) is 4.44. The average molecular weight is 253 g/mol. The molecule has 1 N–H and O–H groups in total. The van der Waals surface area contributed by atoms with Gasteiger partial charge in [0.25, 0.3) is 0 Å². The van der Waals surface area contributed by atoms with Crippen LogP contribution in [0.2, 0.25) is 0 Å². The van der Waals surface area contributed by atoms with E-state index in [1.807, 2.05) is 0 Å². The molecule has 2 aliphatic rings. The van der Waals surface area contributed by atoms with E-state index in [0.717, 1.165) is 42.9 Å². The van der Waals surface area contributed by atoms with Gasteiger partial charge in [0.2, 0.25) is 0 Å². The van der Waals surface area contributed by atoms with Crippen LogP contribution in [-0.2, 0) is 17.6 Å². The van der Waals surface area contributed by atoms with Crippen molar-refractivity contribution in [2.45, 2.75) is 19.3 Å². The second-order valence-corrected chi connectivity index (χ2v) is 5.53. The van der Waals surface area contributed by atoms with Crippen molar-refractivity contribution in [2.75, 3.05) is 31.2 Å². The number of nitrogens with zero attached hydrogens (tertiary/aromatic N) is 1. The number of rotatable bonds is 2. The predicted molar refractivity (Wildman–Crippen MR) is 66.3 cm³/mol. The zero-order valence-electron chi connectivity index (χ0n) is 9.57. The smallest absolute Gasteiger partial charge is 0.338 e. The molecule has 0 saturated carbocycles. The van der Waals surface area contributed by atoms with Gasteiger partial charge in [0.05, 0.1) is 18.8 Å². The molecule has 2 heterocycles. The Labute approximate surface area is 104 Å². The molecule has 1 aromatic heterocycles. The van der Waals surface area contributed by atoms with Gasteiger partial charge in [0.15, 0.2) is 0 Å². The summed E-state index contributed by atoms with van der Waals surface area (Å²) in [5, 5.41) is 10.3. The molecule has 5 heteroatoms. The fourth-order valence-electron chi connectivity index (χ4n) is 2.60. The summed E-state index contributed by atoms with van der Waals surface area (Å²) in [5.74, 6) is -0.772. The molecule has 0 atom stereocenters. The number of hydrogen-bond donors (Lipinski definition) is 1. The first-order chi connectivity index (χ1) is 8.27. The topological polar surface area (TPSA) is 49.8 Å². The number of aromatic carboxylic acids is 1. The third kappa shape index (κ3) is 1.83. The molecule has 1 aliphatic heterocycles. The van der Waals surface area contributed by atoms with E-state index in [9.17, 15) is 9.90 Å². The van der Waals surface area contributed by atoms with Crippen molar-refractivity contribution in [2.24, 2.45) is 0 Å². The zero-order chi connectivity index (χ0) is 11.8. The number of anilines is 1. The van der Waals surface area contributed by atoms with Gasteiger partial charge in [-0.25, -0.2) is 4.79 Å². The number of carboxylic acid groups (broad SMARTS) is 1. The molecular weight excluding hydrogens is 238 g/mol. The molecule has 4 nitrogen and oxygen atoms in total. The summed E-state index contributed by atoms with van der Waals surface area (Å²) in [6, 6.07) is 0.